The third-order valence-corrected chi connectivity index (χ3v) is 7.82. The molecule has 7 heteroatoms. The van der Waals surface area contributed by atoms with Crippen molar-refractivity contribution < 1.29 is 12.8 Å². The van der Waals surface area contributed by atoms with Crippen molar-refractivity contribution in [2.24, 2.45) is 0 Å². The molecular weight excluding hydrogens is 380 g/mol. The first-order valence-corrected chi connectivity index (χ1v) is 12.2. The number of thioether (sulfide) groups is 1. The average Bonchev–Trinajstić information content (AvgIpc) is 3.23. The second kappa shape index (κ2) is 8.39. The summed E-state index contributed by atoms with van der Waals surface area (Å²) in [4.78, 5) is 2.68. The molecule has 2 aromatic rings. The van der Waals surface area contributed by atoms with Gasteiger partial charge in [-0.1, -0.05) is 6.07 Å². The van der Waals surface area contributed by atoms with Gasteiger partial charge >= 0.3 is 0 Å². The molecule has 146 valence electrons. The van der Waals surface area contributed by atoms with E-state index in [1.165, 1.54) is 17.5 Å². The van der Waals surface area contributed by atoms with Crippen LogP contribution < -0.4 is 4.72 Å². The molecule has 1 saturated heterocycles. The largest absolute Gasteiger partial charge is 0.468 e. The fraction of sp³-hybridized carbons (Fsp3) is 0.500. The summed E-state index contributed by atoms with van der Waals surface area (Å²) in [7, 11) is -3.54. The van der Waals surface area contributed by atoms with Gasteiger partial charge in [-0.15, -0.1) is 0 Å². The van der Waals surface area contributed by atoms with E-state index in [-0.39, 0.29) is 6.04 Å². The first-order valence-electron chi connectivity index (χ1n) is 9.60. The van der Waals surface area contributed by atoms with Crippen molar-refractivity contribution >= 4 is 21.8 Å². The number of furan rings is 1. The minimum Gasteiger partial charge on any atom is -0.468 e. The van der Waals surface area contributed by atoms with Crippen LogP contribution in [0.4, 0.5) is 0 Å². The minimum absolute atomic E-state index is 0.0756. The molecule has 4 rings (SSSR count). The molecule has 0 amide bonds. The molecule has 0 unspecified atom stereocenters. The van der Waals surface area contributed by atoms with Crippen LogP contribution in [0.15, 0.2) is 45.9 Å². The molecule has 27 heavy (non-hydrogen) atoms. The van der Waals surface area contributed by atoms with Crippen LogP contribution in [0.1, 0.15) is 35.8 Å². The van der Waals surface area contributed by atoms with E-state index in [1.807, 2.05) is 36.0 Å². The van der Waals surface area contributed by atoms with Gasteiger partial charge in [0.15, 0.2) is 0 Å². The summed E-state index contributed by atoms with van der Waals surface area (Å²) in [5.41, 5.74) is 2.47. The van der Waals surface area contributed by atoms with Crippen LogP contribution in [-0.4, -0.2) is 44.5 Å². The van der Waals surface area contributed by atoms with E-state index in [4.69, 9.17) is 4.42 Å². The number of nitrogens with zero attached hydrogens (tertiary/aromatic N) is 1. The number of sulfonamides is 1. The van der Waals surface area contributed by atoms with Gasteiger partial charge in [0.25, 0.3) is 0 Å². The predicted molar refractivity (Wildman–Crippen MR) is 109 cm³/mol. The maximum atomic E-state index is 12.9. The molecule has 0 bridgehead atoms. The van der Waals surface area contributed by atoms with Crippen molar-refractivity contribution in [3.8, 4) is 0 Å². The van der Waals surface area contributed by atoms with Gasteiger partial charge in [-0.05, 0) is 61.1 Å². The van der Waals surface area contributed by atoms with E-state index >= 15 is 0 Å². The molecule has 1 aromatic heterocycles. The second-order valence-corrected chi connectivity index (χ2v) is 10.2. The lowest BCUT2D eigenvalue weighted by Crippen LogP contribution is -2.41. The summed E-state index contributed by atoms with van der Waals surface area (Å²) in [6.45, 7) is 2.20. The second-order valence-electron chi connectivity index (χ2n) is 7.17. The standard InChI is InChI=1S/C20H26N2O3S2/c23-27(24,18-8-7-16-4-1-2-5-17(16)14-18)21-15-19(20-6-3-11-25-20)22-9-12-26-13-10-22/h3,6-8,11,14,19,21H,1-2,4-5,9-10,12-13,15H2/t19-/m1/s1. The molecular formula is C20H26N2O3S2. The fourth-order valence-corrected chi connectivity index (χ4v) is 5.95. The number of hydrogen-bond donors (Lipinski definition) is 1. The topological polar surface area (TPSA) is 62.6 Å². The quantitative estimate of drug-likeness (QED) is 0.798. The van der Waals surface area contributed by atoms with Crippen LogP contribution in [0.25, 0.3) is 0 Å². The molecule has 2 aliphatic rings. The lowest BCUT2D eigenvalue weighted by Gasteiger charge is -2.33. The van der Waals surface area contributed by atoms with Crippen LogP contribution in [0.2, 0.25) is 0 Å². The zero-order chi connectivity index (χ0) is 18.7. The van der Waals surface area contributed by atoms with Gasteiger partial charge in [-0.3, -0.25) is 4.90 Å². The van der Waals surface area contributed by atoms with Gasteiger partial charge in [0, 0.05) is 31.1 Å². The maximum Gasteiger partial charge on any atom is 0.240 e. The molecule has 1 aromatic carbocycles. The van der Waals surface area contributed by atoms with Crippen molar-refractivity contribution in [3.63, 3.8) is 0 Å². The van der Waals surface area contributed by atoms with Crippen LogP contribution in [0.5, 0.6) is 0 Å². The lowest BCUT2D eigenvalue weighted by atomic mass is 9.92. The SMILES string of the molecule is O=S(=O)(NC[C@H](c1ccco1)N1CCSCC1)c1ccc2c(c1)CCCC2. The van der Waals surface area contributed by atoms with Gasteiger partial charge in [0.2, 0.25) is 10.0 Å². The summed E-state index contributed by atoms with van der Waals surface area (Å²) < 4.78 is 34.3. The van der Waals surface area contributed by atoms with Crippen molar-refractivity contribution in [1.29, 1.82) is 0 Å². The number of rotatable bonds is 6. The smallest absolute Gasteiger partial charge is 0.240 e. The number of hydrogen-bond acceptors (Lipinski definition) is 5. The summed E-state index contributed by atoms with van der Waals surface area (Å²) in [6, 6.07) is 9.30. The van der Waals surface area contributed by atoms with E-state index in [2.05, 4.69) is 9.62 Å². The van der Waals surface area contributed by atoms with Crippen molar-refractivity contribution in [2.75, 3.05) is 31.1 Å². The summed E-state index contributed by atoms with van der Waals surface area (Å²) >= 11 is 1.94. The number of fused-ring (bicyclic) bond motifs is 1. The maximum absolute atomic E-state index is 12.9. The zero-order valence-corrected chi connectivity index (χ0v) is 17.0. The highest BCUT2D eigenvalue weighted by Crippen LogP contribution is 2.26. The van der Waals surface area contributed by atoms with Gasteiger partial charge in [-0.2, -0.15) is 11.8 Å². The molecule has 0 saturated carbocycles. The molecule has 1 N–H and O–H groups in total. The Balaban J connectivity index is 1.51. The molecule has 1 aliphatic heterocycles. The first kappa shape index (κ1) is 19.1. The van der Waals surface area contributed by atoms with Crippen LogP contribution >= 0.6 is 11.8 Å². The van der Waals surface area contributed by atoms with Crippen molar-refractivity contribution in [1.82, 2.24) is 9.62 Å². The van der Waals surface area contributed by atoms with Gasteiger partial charge in [-0.25, -0.2) is 13.1 Å². The Morgan fingerprint density at radius 3 is 2.63 bits per heavy atom. The van der Waals surface area contributed by atoms with Crippen LogP contribution in [0, 0.1) is 0 Å². The summed E-state index contributed by atoms with van der Waals surface area (Å²) in [5.74, 6) is 2.94. The number of aryl methyl sites for hydroxylation is 2. The average molecular weight is 407 g/mol. The Bertz CT molecular complexity index is 859. The highest BCUT2D eigenvalue weighted by molar-refractivity contribution is 7.99. The van der Waals surface area contributed by atoms with Crippen LogP contribution in [0.3, 0.4) is 0 Å². The molecule has 1 fully saturated rings. The van der Waals surface area contributed by atoms with Gasteiger partial charge < -0.3 is 4.42 Å². The molecule has 1 aliphatic carbocycles. The third kappa shape index (κ3) is 4.42. The highest BCUT2D eigenvalue weighted by atomic mass is 32.2. The Kier molecular flexibility index (Phi) is 5.92. The van der Waals surface area contributed by atoms with E-state index in [1.54, 1.807) is 12.3 Å². The Labute approximate surface area is 165 Å². The zero-order valence-electron chi connectivity index (χ0n) is 15.4. The molecule has 2 heterocycles. The monoisotopic (exact) mass is 406 g/mol. The van der Waals surface area contributed by atoms with E-state index in [0.717, 1.165) is 49.6 Å². The highest BCUT2D eigenvalue weighted by Gasteiger charge is 2.27. The predicted octanol–water partition coefficient (Wildman–Crippen LogP) is 3.23. The summed E-state index contributed by atoms with van der Waals surface area (Å²) in [6.07, 6.45) is 6.00. The molecule has 0 radical (unpaired) electrons. The lowest BCUT2D eigenvalue weighted by molar-refractivity contribution is 0.193. The Morgan fingerprint density at radius 2 is 1.89 bits per heavy atom. The van der Waals surface area contributed by atoms with E-state index in [0.29, 0.717) is 11.4 Å². The number of benzene rings is 1. The van der Waals surface area contributed by atoms with Crippen LogP contribution in [-0.2, 0) is 22.9 Å². The van der Waals surface area contributed by atoms with E-state index in [9.17, 15) is 8.42 Å². The van der Waals surface area contributed by atoms with Crippen molar-refractivity contribution in [3.05, 3.63) is 53.5 Å². The van der Waals surface area contributed by atoms with Crippen molar-refractivity contribution in [2.45, 2.75) is 36.6 Å². The summed E-state index contributed by atoms with van der Waals surface area (Å²) in [5, 5.41) is 0. The van der Waals surface area contributed by atoms with Gasteiger partial charge in [0.1, 0.15) is 5.76 Å². The molecule has 1 atom stereocenters. The third-order valence-electron chi connectivity index (χ3n) is 5.46. The first-order chi connectivity index (χ1) is 13.1. The molecule has 0 spiro atoms. The minimum atomic E-state index is -3.54. The van der Waals surface area contributed by atoms with E-state index < -0.39 is 10.0 Å². The molecule has 5 nitrogen and oxygen atoms in total. The fourth-order valence-electron chi connectivity index (χ4n) is 3.93. The number of nitrogens with one attached hydrogen (secondary N) is 1. The Morgan fingerprint density at radius 1 is 1.11 bits per heavy atom. The van der Waals surface area contributed by atoms with Gasteiger partial charge in [0.05, 0.1) is 17.2 Å². The normalized spacial score (nSPS) is 19.6. The Hall–Kier alpha value is -1.28.